The van der Waals surface area contributed by atoms with E-state index in [1.165, 1.54) is 43.7 Å². The first-order chi connectivity index (χ1) is 25.3. The minimum atomic E-state index is 0.713. The first kappa shape index (κ1) is 29.1. The molecule has 0 aliphatic rings. The molecule has 0 N–H and O–H groups in total. The zero-order chi connectivity index (χ0) is 33.7. The molecule has 0 aliphatic heterocycles. The third-order valence-electron chi connectivity index (χ3n) is 10.0. The molecule has 238 valence electrons. The number of benzene rings is 8. The van der Waals surface area contributed by atoms with E-state index in [-0.39, 0.29) is 0 Å². The lowest BCUT2D eigenvalue weighted by atomic mass is 9.88. The standard InChI is InChI=1S/C48H31N3/c1-3-15-32(16-4-1)42-31-43(33-27-29-35(30-28-33)51-44-25-13-11-19-36(44)37-20-12-14-26-45(37)51)50-48(49-42)47-40-23-9-7-21-38(40)46(34-17-5-2-6-18-34)39-22-8-10-24-41(39)47/h1-31H. The summed E-state index contributed by atoms with van der Waals surface area (Å²) in [6.45, 7) is 0. The van der Waals surface area contributed by atoms with Crippen LogP contribution in [0, 0.1) is 0 Å². The highest BCUT2D eigenvalue weighted by molar-refractivity contribution is 6.20. The lowest BCUT2D eigenvalue weighted by molar-refractivity contribution is 1.17. The molecule has 0 spiro atoms. The van der Waals surface area contributed by atoms with E-state index < -0.39 is 0 Å². The third-order valence-corrected chi connectivity index (χ3v) is 10.0. The van der Waals surface area contributed by atoms with E-state index in [2.05, 4.69) is 187 Å². The Balaban J connectivity index is 1.20. The maximum Gasteiger partial charge on any atom is 0.161 e. The first-order valence-corrected chi connectivity index (χ1v) is 17.3. The predicted molar refractivity (Wildman–Crippen MR) is 213 cm³/mol. The van der Waals surface area contributed by atoms with Crippen LogP contribution in [-0.2, 0) is 0 Å². The maximum absolute atomic E-state index is 5.38. The Labute approximate surface area is 295 Å². The van der Waals surface area contributed by atoms with Crippen LogP contribution in [0.25, 0.3) is 94.1 Å². The smallest absolute Gasteiger partial charge is 0.161 e. The van der Waals surface area contributed by atoms with Gasteiger partial charge >= 0.3 is 0 Å². The second kappa shape index (κ2) is 11.9. The van der Waals surface area contributed by atoms with Gasteiger partial charge in [-0.1, -0.05) is 158 Å². The van der Waals surface area contributed by atoms with Crippen molar-refractivity contribution in [3.63, 3.8) is 0 Å². The van der Waals surface area contributed by atoms with Crippen molar-refractivity contribution in [2.45, 2.75) is 0 Å². The van der Waals surface area contributed by atoms with Crippen molar-refractivity contribution in [2.75, 3.05) is 0 Å². The van der Waals surface area contributed by atoms with E-state index in [4.69, 9.17) is 9.97 Å². The summed E-state index contributed by atoms with van der Waals surface area (Å²) >= 11 is 0. The Hall–Kier alpha value is -6.84. The van der Waals surface area contributed by atoms with E-state index in [1.54, 1.807) is 0 Å². The van der Waals surface area contributed by atoms with Crippen LogP contribution in [-0.4, -0.2) is 14.5 Å². The van der Waals surface area contributed by atoms with Gasteiger partial charge in [0, 0.05) is 33.2 Å². The van der Waals surface area contributed by atoms with Gasteiger partial charge < -0.3 is 4.57 Å². The van der Waals surface area contributed by atoms with Crippen molar-refractivity contribution in [1.82, 2.24) is 14.5 Å². The second-order valence-electron chi connectivity index (χ2n) is 13.0. The predicted octanol–water partition coefficient (Wildman–Crippen LogP) is 12.5. The summed E-state index contributed by atoms with van der Waals surface area (Å²) < 4.78 is 2.35. The number of rotatable bonds is 5. The van der Waals surface area contributed by atoms with Gasteiger partial charge in [0.25, 0.3) is 0 Å². The summed E-state index contributed by atoms with van der Waals surface area (Å²) in [5.74, 6) is 0.713. The molecule has 0 radical (unpaired) electrons. The van der Waals surface area contributed by atoms with Crippen LogP contribution >= 0.6 is 0 Å². The Morgan fingerprint density at radius 2 is 0.706 bits per heavy atom. The van der Waals surface area contributed by atoms with Crippen molar-refractivity contribution in [2.24, 2.45) is 0 Å². The molecule has 0 amide bonds. The minimum absolute atomic E-state index is 0.713. The van der Waals surface area contributed by atoms with Crippen molar-refractivity contribution in [3.05, 3.63) is 188 Å². The van der Waals surface area contributed by atoms with Crippen molar-refractivity contribution in [3.8, 4) is 50.7 Å². The van der Waals surface area contributed by atoms with E-state index in [9.17, 15) is 0 Å². The Morgan fingerprint density at radius 3 is 1.22 bits per heavy atom. The second-order valence-corrected chi connectivity index (χ2v) is 13.0. The lowest BCUT2D eigenvalue weighted by Gasteiger charge is -2.18. The molecule has 2 heterocycles. The summed E-state index contributed by atoms with van der Waals surface area (Å²) in [7, 11) is 0. The van der Waals surface area contributed by atoms with Crippen LogP contribution in [0.4, 0.5) is 0 Å². The van der Waals surface area contributed by atoms with Crippen molar-refractivity contribution in [1.29, 1.82) is 0 Å². The van der Waals surface area contributed by atoms with Gasteiger partial charge in [0.05, 0.1) is 22.4 Å². The Bertz CT molecular complexity index is 2780. The monoisotopic (exact) mass is 649 g/mol. The fraction of sp³-hybridized carbons (Fsp3) is 0. The summed E-state index contributed by atoms with van der Waals surface area (Å²) in [5, 5.41) is 7.14. The summed E-state index contributed by atoms with van der Waals surface area (Å²) in [4.78, 5) is 10.7. The molecule has 0 saturated heterocycles. The molecule has 0 saturated carbocycles. The van der Waals surface area contributed by atoms with Crippen LogP contribution in [0.15, 0.2) is 188 Å². The highest BCUT2D eigenvalue weighted by Gasteiger charge is 2.20. The molecule has 51 heavy (non-hydrogen) atoms. The summed E-state index contributed by atoms with van der Waals surface area (Å²) in [5.41, 5.74) is 10.8. The molecule has 0 atom stereocenters. The molecule has 0 aliphatic carbocycles. The number of aromatic nitrogens is 3. The van der Waals surface area contributed by atoms with Crippen molar-refractivity contribution >= 4 is 43.4 Å². The van der Waals surface area contributed by atoms with E-state index >= 15 is 0 Å². The van der Waals surface area contributed by atoms with Crippen LogP contribution < -0.4 is 0 Å². The molecule has 0 bridgehead atoms. The fourth-order valence-electron chi connectivity index (χ4n) is 7.73. The highest BCUT2D eigenvalue weighted by atomic mass is 15.0. The van der Waals surface area contributed by atoms with Gasteiger partial charge in [0.2, 0.25) is 0 Å². The number of nitrogens with zero attached hydrogens (tertiary/aromatic N) is 3. The zero-order valence-corrected chi connectivity index (χ0v) is 27.7. The van der Waals surface area contributed by atoms with E-state index in [0.29, 0.717) is 5.82 Å². The number of para-hydroxylation sites is 2. The third kappa shape index (κ3) is 4.82. The van der Waals surface area contributed by atoms with E-state index in [0.717, 1.165) is 44.5 Å². The van der Waals surface area contributed by atoms with Gasteiger partial charge in [-0.3, -0.25) is 0 Å². The molecular weight excluding hydrogens is 619 g/mol. The van der Waals surface area contributed by atoms with Gasteiger partial charge in [-0.25, -0.2) is 9.97 Å². The van der Waals surface area contributed by atoms with Gasteiger partial charge in [-0.05, 0) is 63.0 Å². The largest absolute Gasteiger partial charge is 0.309 e. The van der Waals surface area contributed by atoms with E-state index in [1.807, 2.05) is 6.07 Å². The normalized spacial score (nSPS) is 11.5. The molecule has 10 aromatic rings. The minimum Gasteiger partial charge on any atom is -0.309 e. The molecule has 8 aromatic carbocycles. The SMILES string of the molecule is c1ccc(-c2cc(-c3ccc(-n4c5ccccc5c5ccccc54)cc3)nc(-c3c4ccccc4c(-c4ccccc4)c4ccccc34)n2)cc1. The van der Waals surface area contributed by atoms with Crippen LogP contribution in [0.1, 0.15) is 0 Å². The summed E-state index contributed by atoms with van der Waals surface area (Å²) in [6.07, 6.45) is 0. The molecule has 3 nitrogen and oxygen atoms in total. The van der Waals surface area contributed by atoms with Crippen molar-refractivity contribution < 1.29 is 0 Å². The van der Waals surface area contributed by atoms with Gasteiger partial charge in [-0.2, -0.15) is 0 Å². The fourth-order valence-corrected chi connectivity index (χ4v) is 7.73. The average molecular weight is 650 g/mol. The maximum atomic E-state index is 5.38. The highest BCUT2D eigenvalue weighted by Crippen LogP contribution is 2.43. The Morgan fingerprint density at radius 1 is 0.314 bits per heavy atom. The molecule has 0 unspecified atom stereocenters. The van der Waals surface area contributed by atoms with Crippen LogP contribution in [0.2, 0.25) is 0 Å². The molecular formula is C48H31N3. The first-order valence-electron chi connectivity index (χ1n) is 17.3. The van der Waals surface area contributed by atoms with Crippen LogP contribution in [0.3, 0.4) is 0 Å². The van der Waals surface area contributed by atoms with Gasteiger partial charge in [0.15, 0.2) is 5.82 Å². The zero-order valence-electron chi connectivity index (χ0n) is 27.7. The topological polar surface area (TPSA) is 30.7 Å². The molecule has 10 rings (SSSR count). The summed E-state index contributed by atoms with van der Waals surface area (Å²) in [6, 6.07) is 66.6. The van der Waals surface area contributed by atoms with Gasteiger partial charge in [0.1, 0.15) is 0 Å². The van der Waals surface area contributed by atoms with Crippen LogP contribution in [0.5, 0.6) is 0 Å². The quantitative estimate of drug-likeness (QED) is 0.174. The molecule has 2 aromatic heterocycles. The number of hydrogen-bond acceptors (Lipinski definition) is 2. The molecule has 0 fully saturated rings. The number of hydrogen-bond donors (Lipinski definition) is 0. The van der Waals surface area contributed by atoms with Gasteiger partial charge in [-0.15, -0.1) is 0 Å². The number of fused-ring (bicyclic) bond motifs is 5. The Kier molecular flexibility index (Phi) is 6.81. The average Bonchev–Trinajstić information content (AvgIpc) is 3.55. The lowest BCUT2D eigenvalue weighted by Crippen LogP contribution is -1.99. The molecule has 3 heteroatoms.